The van der Waals surface area contributed by atoms with Crippen molar-refractivity contribution in [2.45, 2.75) is 210 Å². The zero-order valence-electron chi connectivity index (χ0n) is 50.3. The summed E-state index contributed by atoms with van der Waals surface area (Å²) in [5, 5.41) is 33.0. The summed E-state index contributed by atoms with van der Waals surface area (Å²) in [5.41, 5.74) is 25.7. The lowest BCUT2D eigenvalue weighted by atomic mass is 10.0. The molecule has 0 aliphatic rings. The fourth-order valence-electron chi connectivity index (χ4n) is 10.2. The van der Waals surface area contributed by atoms with E-state index in [1.54, 1.807) is 20.8 Å². The molecule has 9 atom stereocenters. The molecule has 0 aromatic heterocycles. The van der Waals surface area contributed by atoms with Crippen molar-refractivity contribution in [1.82, 2.24) is 42.5 Å². The van der Waals surface area contributed by atoms with Gasteiger partial charge in [0.1, 0.15) is 0 Å². The first-order valence-electron chi connectivity index (χ1n) is 30.3. The highest BCUT2D eigenvalue weighted by atomic mass is 16.4. The number of carbonyl (C=O) groups excluding carboxylic acids is 8. The molecule has 0 saturated heterocycles. The van der Waals surface area contributed by atoms with E-state index in [0.29, 0.717) is 90.3 Å². The van der Waals surface area contributed by atoms with Crippen molar-refractivity contribution in [3.63, 3.8) is 0 Å². The quantitative estimate of drug-likeness (QED) is 0.0362. The normalized spacial score (nSPS) is 14.3. The molecule has 0 aliphatic carbocycles. The van der Waals surface area contributed by atoms with Gasteiger partial charge >= 0.3 is 5.97 Å². The first kappa shape index (κ1) is 72.0. The summed E-state index contributed by atoms with van der Waals surface area (Å²) in [4.78, 5) is 119. The van der Waals surface area contributed by atoms with Crippen molar-refractivity contribution in [2.24, 2.45) is 22.9 Å². The van der Waals surface area contributed by atoms with Crippen LogP contribution in [0.2, 0.25) is 0 Å². The summed E-state index contributed by atoms with van der Waals surface area (Å²) in [5.74, 6) is -4.05. The number of amides is 8. The highest BCUT2D eigenvalue weighted by Gasteiger charge is 2.27. The van der Waals surface area contributed by atoms with Crippen LogP contribution in [0.5, 0.6) is 0 Å². The summed E-state index contributed by atoms with van der Waals surface area (Å²) < 4.78 is 0. The largest absolute Gasteiger partial charge is 0.481 e. The second kappa shape index (κ2) is 41.7. The number of hydrogen-bond acceptors (Lipinski definition) is 13. The van der Waals surface area contributed by atoms with Crippen molar-refractivity contribution in [3.05, 3.63) is 108 Å². The van der Waals surface area contributed by atoms with Gasteiger partial charge in [-0.2, -0.15) is 0 Å². The average Bonchev–Trinajstić information content (AvgIpc) is 3.44. The monoisotopic (exact) mass is 1180 g/mol. The molecule has 0 bridgehead atoms. The molecule has 3 aromatic carbocycles. The minimum Gasteiger partial charge on any atom is -0.481 e. The lowest BCUT2D eigenvalue weighted by Crippen LogP contribution is -2.47. The third-order valence-corrected chi connectivity index (χ3v) is 14.1. The van der Waals surface area contributed by atoms with E-state index in [4.69, 9.17) is 22.9 Å². The Bertz CT molecular complexity index is 2470. The van der Waals surface area contributed by atoms with Gasteiger partial charge in [0.25, 0.3) is 0 Å². The van der Waals surface area contributed by atoms with E-state index in [0.717, 1.165) is 23.1 Å². The Kier molecular flexibility index (Phi) is 35.3. The number of carbonyl (C=O) groups is 9. The molecule has 3 rings (SSSR count). The van der Waals surface area contributed by atoms with Crippen LogP contribution >= 0.6 is 0 Å². The highest BCUT2D eigenvalue weighted by Crippen LogP contribution is 2.15. The Balaban J connectivity index is 1.63. The van der Waals surface area contributed by atoms with E-state index in [2.05, 4.69) is 42.5 Å². The Labute approximate surface area is 502 Å². The summed E-state index contributed by atoms with van der Waals surface area (Å²) in [7, 11) is 0. The number of benzene rings is 3. The molecule has 22 heteroatoms. The van der Waals surface area contributed by atoms with E-state index >= 15 is 0 Å². The lowest BCUT2D eigenvalue weighted by molar-refractivity contribution is -0.138. The van der Waals surface area contributed by atoms with Crippen LogP contribution < -0.4 is 65.5 Å². The molecule has 470 valence electrons. The predicted octanol–water partition coefficient (Wildman–Crippen LogP) is 2.96. The lowest BCUT2D eigenvalue weighted by Gasteiger charge is -2.24. The van der Waals surface area contributed by atoms with Gasteiger partial charge in [0, 0.05) is 106 Å². The molecule has 0 heterocycles. The van der Waals surface area contributed by atoms with E-state index in [1.807, 2.05) is 91.0 Å². The van der Waals surface area contributed by atoms with E-state index in [1.165, 1.54) is 0 Å². The van der Waals surface area contributed by atoms with Gasteiger partial charge < -0.3 is 70.6 Å². The third kappa shape index (κ3) is 34.3. The van der Waals surface area contributed by atoms with Crippen LogP contribution in [0.3, 0.4) is 0 Å². The Morgan fingerprint density at radius 3 is 0.871 bits per heavy atom. The number of aliphatic carboxylic acids is 1. The van der Waals surface area contributed by atoms with Crippen molar-refractivity contribution in [2.75, 3.05) is 19.6 Å². The average molecular weight is 1180 g/mol. The molecule has 0 saturated carbocycles. The fraction of sp³-hybridized carbons (Fsp3) is 0.571. The maximum Gasteiger partial charge on any atom is 0.305 e. The number of unbranched alkanes of at least 4 members (excludes halogenated alkanes) is 3. The molecule has 0 fully saturated rings. The van der Waals surface area contributed by atoms with Crippen LogP contribution in [0.15, 0.2) is 91.0 Å². The Morgan fingerprint density at radius 1 is 0.341 bits per heavy atom. The van der Waals surface area contributed by atoms with Gasteiger partial charge in [0.05, 0.1) is 6.42 Å². The molecule has 22 nitrogen and oxygen atoms in total. The van der Waals surface area contributed by atoms with Gasteiger partial charge in [0.2, 0.25) is 47.3 Å². The molecule has 85 heavy (non-hydrogen) atoms. The number of nitrogens with two attached hydrogens (primary N) is 4. The molecule has 0 unspecified atom stereocenters. The van der Waals surface area contributed by atoms with Crippen LogP contribution in [-0.2, 0) is 62.4 Å². The number of rotatable bonds is 44. The second-order valence-electron chi connectivity index (χ2n) is 22.7. The maximum atomic E-state index is 13.9. The molecule has 0 radical (unpaired) electrons. The SMILES string of the molecule is C[C@H](N)CC(=O)N[C@@H](CCCCN)CC(=O)N[C@H](CC(=O)N[C@@H](C)CC(=O)N[C@@H](CCCCN)CC(=O)N[C@H](CC(=O)N[C@@H](C)CC(=O)N[C@@H](CCCCN)CC(=O)N[C@H](CC(=O)O)Cc1ccccc1)Cc1ccccc1)Cc1ccccc1. The van der Waals surface area contributed by atoms with Gasteiger partial charge in [-0.1, -0.05) is 110 Å². The van der Waals surface area contributed by atoms with Gasteiger partial charge in [0.15, 0.2) is 0 Å². The van der Waals surface area contributed by atoms with Crippen LogP contribution in [-0.4, -0.2) is 132 Å². The van der Waals surface area contributed by atoms with Crippen LogP contribution in [0.1, 0.15) is 153 Å². The second-order valence-corrected chi connectivity index (χ2v) is 22.7. The molecule has 0 spiro atoms. The zero-order valence-corrected chi connectivity index (χ0v) is 50.3. The van der Waals surface area contributed by atoms with Crippen molar-refractivity contribution >= 4 is 53.2 Å². The molecule has 8 amide bonds. The summed E-state index contributed by atoms with van der Waals surface area (Å²) in [6.45, 7) is 6.43. The first-order valence-corrected chi connectivity index (χ1v) is 30.3. The fourth-order valence-corrected chi connectivity index (χ4v) is 10.2. The molecule has 3 aromatic rings. The minimum absolute atomic E-state index is 0.00428. The van der Waals surface area contributed by atoms with Crippen LogP contribution in [0.25, 0.3) is 0 Å². The highest BCUT2D eigenvalue weighted by molar-refractivity contribution is 5.85. The van der Waals surface area contributed by atoms with Crippen molar-refractivity contribution in [3.8, 4) is 0 Å². The number of carboxylic acids is 1. The molecular formula is C63H98N12O10. The summed E-state index contributed by atoms with van der Waals surface area (Å²) >= 11 is 0. The minimum atomic E-state index is -1.05. The maximum absolute atomic E-state index is 13.9. The Morgan fingerprint density at radius 2 is 0.588 bits per heavy atom. The number of nitrogens with one attached hydrogen (secondary N) is 8. The smallest absolute Gasteiger partial charge is 0.305 e. The molecule has 0 aliphatic heterocycles. The standard InChI is InChI=1S/C63H98N12O10/c1-43(67)31-55(76)70-49(25-13-16-28-64)37-60(81)73-52(34-46-19-7-4-8-20-46)40-58(79)68-44(2)32-56(77)71-50(26-14-17-29-65)38-61(82)74-53(35-47-21-9-5-10-22-47)41-59(80)69-45(3)33-57(78)72-51(27-15-18-30-66)39-62(83)75-54(42-63(84)85)36-48-23-11-6-12-24-48/h4-12,19-24,43-45,49-54H,13-18,25-42,64-67H2,1-3H3,(H,68,79)(H,69,80)(H,70,76)(H,71,77)(H,72,78)(H,73,81)(H,74,82)(H,75,83)(H,84,85)/t43-,44-,45-,49-,50-,51-,52-,53-,54-/m0/s1. The topological polar surface area (TPSA) is 374 Å². The van der Waals surface area contributed by atoms with Crippen LogP contribution in [0.4, 0.5) is 0 Å². The van der Waals surface area contributed by atoms with Gasteiger partial charge in [-0.15, -0.1) is 0 Å². The van der Waals surface area contributed by atoms with E-state index < -0.39 is 83.8 Å². The van der Waals surface area contributed by atoms with Crippen LogP contribution in [0, 0.1) is 0 Å². The van der Waals surface area contributed by atoms with E-state index in [9.17, 15) is 48.3 Å². The third-order valence-electron chi connectivity index (χ3n) is 14.1. The van der Waals surface area contributed by atoms with Gasteiger partial charge in [-0.25, -0.2) is 0 Å². The van der Waals surface area contributed by atoms with E-state index in [-0.39, 0.29) is 81.6 Å². The number of carboxylic acid groups (broad SMARTS) is 1. The number of hydrogen-bond donors (Lipinski definition) is 13. The molecular weight excluding hydrogens is 1080 g/mol. The zero-order chi connectivity index (χ0) is 62.4. The van der Waals surface area contributed by atoms with Gasteiger partial charge in [-0.3, -0.25) is 43.2 Å². The van der Waals surface area contributed by atoms with Gasteiger partial charge in [-0.05, 0) is 115 Å². The summed E-state index contributed by atoms with van der Waals surface area (Å²) in [6, 6.07) is 22.8. The molecule has 17 N–H and O–H groups in total. The Hall–Kier alpha value is -7.27. The van der Waals surface area contributed by atoms with Crippen molar-refractivity contribution < 1.29 is 48.3 Å². The van der Waals surface area contributed by atoms with Crippen molar-refractivity contribution in [1.29, 1.82) is 0 Å². The first-order chi connectivity index (χ1) is 40.7. The predicted molar refractivity (Wildman–Crippen MR) is 329 cm³/mol. The summed E-state index contributed by atoms with van der Waals surface area (Å²) in [6.07, 6.45) is 5.63.